The molecule has 0 saturated carbocycles. The number of hydrogen-bond acceptors (Lipinski definition) is 3. The second kappa shape index (κ2) is 40.1. The second-order valence-electron chi connectivity index (χ2n) is 14.9. The molecule has 1 unspecified atom stereocenters. The maximum atomic E-state index is 12.4. The van der Waals surface area contributed by atoms with Crippen molar-refractivity contribution in [3.8, 4) is 0 Å². The third-order valence-electron chi connectivity index (χ3n) is 10.1. The van der Waals surface area contributed by atoms with Gasteiger partial charge in [-0.1, -0.05) is 193 Å². The van der Waals surface area contributed by atoms with E-state index in [-0.39, 0.29) is 12.1 Å². The molecule has 0 heterocycles. The van der Waals surface area contributed by atoms with Gasteiger partial charge in [0.2, 0.25) is 0 Å². The lowest BCUT2D eigenvalue weighted by atomic mass is 10.0. The van der Waals surface area contributed by atoms with Crippen molar-refractivity contribution in [2.75, 3.05) is 0 Å². The molecule has 0 radical (unpaired) electrons. The Bertz CT molecular complexity index is 687. The highest BCUT2D eigenvalue weighted by Gasteiger charge is 2.12. The predicted octanol–water partition coefficient (Wildman–Crippen LogP) is 15.0. The van der Waals surface area contributed by atoms with Crippen molar-refractivity contribution in [1.82, 2.24) is 0 Å². The molecular formula is C44H84O4. The van der Waals surface area contributed by atoms with Crippen molar-refractivity contribution in [2.45, 2.75) is 258 Å². The first-order valence-corrected chi connectivity index (χ1v) is 21.7. The number of ether oxygens (including phenoxy) is 1. The zero-order valence-corrected chi connectivity index (χ0v) is 32.6. The van der Waals surface area contributed by atoms with Crippen molar-refractivity contribution in [2.24, 2.45) is 0 Å². The van der Waals surface area contributed by atoms with Crippen molar-refractivity contribution < 1.29 is 19.4 Å². The summed E-state index contributed by atoms with van der Waals surface area (Å²) in [5.41, 5.74) is 0. The first-order valence-electron chi connectivity index (χ1n) is 21.7. The van der Waals surface area contributed by atoms with Gasteiger partial charge in [0.05, 0.1) is 0 Å². The zero-order valence-electron chi connectivity index (χ0n) is 32.6. The monoisotopic (exact) mass is 677 g/mol. The summed E-state index contributed by atoms with van der Waals surface area (Å²) in [7, 11) is 0. The molecule has 0 rings (SSSR count). The Labute approximate surface area is 300 Å². The molecule has 0 bridgehead atoms. The molecule has 0 aromatic heterocycles. The Kier molecular flexibility index (Phi) is 39.0. The maximum Gasteiger partial charge on any atom is 0.306 e. The first kappa shape index (κ1) is 46.7. The molecule has 48 heavy (non-hydrogen) atoms. The maximum absolute atomic E-state index is 12.4. The Morgan fingerprint density at radius 3 is 1.17 bits per heavy atom. The fourth-order valence-corrected chi connectivity index (χ4v) is 6.76. The molecule has 0 aliphatic carbocycles. The molecule has 0 fully saturated rings. The molecule has 0 aromatic rings. The molecule has 0 aliphatic rings. The quantitative estimate of drug-likeness (QED) is 0.0398. The van der Waals surface area contributed by atoms with E-state index in [1.807, 2.05) is 0 Å². The van der Waals surface area contributed by atoms with E-state index in [0.29, 0.717) is 12.8 Å². The van der Waals surface area contributed by atoms with Gasteiger partial charge in [0.25, 0.3) is 0 Å². The Balaban J connectivity index is 3.38. The van der Waals surface area contributed by atoms with Crippen LogP contribution in [0.3, 0.4) is 0 Å². The molecular weight excluding hydrogens is 592 g/mol. The van der Waals surface area contributed by atoms with E-state index in [1.54, 1.807) is 0 Å². The molecule has 1 N–H and O–H groups in total. The summed E-state index contributed by atoms with van der Waals surface area (Å²) in [5, 5.41) is 8.66. The number of hydrogen-bond donors (Lipinski definition) is 1. The molecule has 1 atom stereocenters. The van der Waals surface area contributed by atoms with Crippen LogP contribution >= 0.6 is 0 Å². The third-order valence-corrected chi connectivity index (χ3v) is 10.1. The number of rotatable bonds is 40. The summed E-state index contributed by atoms with van der Waals surface area (Å²) < 4.78 is 5.81. The van der Waals surface area contributed by atoms with Crippen LogP contribution in [0.5, 0.6) is 0 Å². The molecule has 0 saturated heterocycles. The van der Waals surface area contributed by atoms with Crippen molar-refractivity contribution in [3.05, 3.63) is 12.2 Å². The van der Waals surface area contributed by atoms with E-state index in [2.05, 4.69) is 26.0 Å². The topological polar surface area (TPSA) is 63.6 Å². The number of carboxylic acid groups (broad SMARTS) is 1. The second-order valence-corrected chi connectivity index (χ2v) is 14.9. The number of allylic oxidation sites excluding steroid dienone is 2. The lowest BCUT2D eigenvalue weighted by Gasteiger charge is -2.16. The number of carbonyl (C=O) groups is 2. The van der Waals surface area contributed by atoms with Crippen LogP contribution in [0, 0.1) is 0 Å². The summed E-state index contributed by atoms with van der Waals surface area (Å²) in [6.45, 7) is 4.43. The summed E-state index contributed by atoms with van der Waals surface area (Å²) in [5.74, 6) is -0.644. The summed E-state index contributed by atoms with van der Waals surface area (Å²) >= 11 is 0. The number of carbonyl (C=O) groups excluding carboxylic acids is 1. The average molecular weight is 677 g/mol. The summed E-state index contributed by atoms with van der Waals surface area (Å²) in [6, 6.07) is 0. The predicted molar refractivity (Wildman–Crippen MR) is 209 cm³/mol. The van der Waals surface area contributed by atoms with E-state index >= 15 is 0 Å². The van der Waals surface area contributed by atoms with Gasteiger partial charge in [0.15, 0.2) is 0 Å². The Hall–Kier alpha value is -1.32. The minimum Gasteiger partial charge on any atom is -0.481 e. The number of aliphatic carboxylic acids is 1. The summed E-state index contributed by atoms with van der Waals surface area (Å²) in [4.78, 5) is 22.9. The van der Waals surface area contributed by atoms with Crippen LogP contribution in [0.25, 0.3) is 0 Å². The third kappa shape index (κ3) is 39.1. The van der Waals surface area contributed by atoms with Crippen molar-refractivity contribution >= 4 is 11.9 Å². The lowest BCUT2D eigenvalue weighted by Crippen LogP contribution is -2.17. The van der Waals surface area contributed by atoms with Crippen LogP contribution in [0.2, 0.25) is 0 Å². The van der Waals surface area contributed by atoms with Crippen LogP contribution in [0.4, 0.5) is 0 Å². The van der Waals surface area contributed by atoms with Crippen molar-refractivity contribution in [1.29, 1.82) is 0 Å². The highest BCUT2D eigenvalue weighted by atomic mass is 16.5. The van der Waals surface area contributed by atoms with Gasteiger partial charge in [-0.3, -0.25) is 9.59 Å². The van der Waals surface area contributed by atoms with Crippen molar-refractivity contribution in [3.63, 3.8) is 0 Å². The van der Waals surface area contributed by atoms with Gasteiger partial charge < -0.3 is 9.84 Å². The van der Waals surface area contributed by atoms with Crippen LogP contribution < -0.4 is 0 Å². The van der Waals surface area contributed by atoms with Crippen LogP contribution in [-0.2, 0) is 14.3 Å². The minimum absolute atomic E-state index is 0.0216. The molecule has 284 valence electrons. The molecule has 4 nitrogen and oxygen atoms in total. The van der Waals surface area contributed by atoms with Gasteiger partial charge in [-0.05, 0) is 57.8 Å². The number of carboxylic acids is 1. The van der Waals surface area contributed by atoms with E-state index in [4.69, 9.17) is 9.84 Å². The SMILES string of the molecule is CCCCCCCC/C=C\CCCCCCCCCCCCCC(=O)OC(CC)CCCCCCCCCCCCCCCCC(=O)O. The average Bonchev–Trinajstić information content (AvgIpc) is 3.08. The van der Waals surface area contributed by atoms with E-state index in [1.165, 1.54) is 186 Å². The standard InChI is InChI=1S/C44H84O4/c1-3-5-6-7-8-9-10-11-12-13-14-15-16-17-18-23-26-29-32-35-38-41-44(47)48-42(4-2)39-36-33-30-27-24-21-19-20-22-25-28-31-34-37-40-43(45)46/h11-12,42H,3-10,13-41H2,1-2H3,(H,45,46)/b12-11-. The van der Waals surface area contributed by atoms with E-state index in [0.717, 1.165) is 38.5 Å². The Morgan fingerprint density at radius 1 is 0.458 bits per heavy atom. The molecule has 4 heteroatoms. The fourth-order valence-electron chi connectivity index (χ4n) is 6.76. The summed E-state index contributed by atoms with van der Waals surface area (Å²) in [6.07, 6.45) is 50.6. The van der Waals surface area contributed by atoms with Gasteiger partial charge in [-0.2, -0.15) is 0 Å². The van der Waals surface area contributed by atoms with Gasteiger partial charge in [-0.25, -0.2) is 0 Å². The number of unbranched alkanes of at least 4 members (excludes halogenated alkanes) is 30. The lowest BCUT2D eigenvalue weighted by molar-refractivity contribution is -0.149. The molecule has 0 aromatic carbocycles. The normalized spacial score (nSPS) is 12.2. The van der Waals surface area contributed by atoms with Gasteiger partial charge in [0, 0.05) is 12.8 Å². The first-order chi connectivity index (χ1) is 23.6. The van der Waals surface area contributed by atoms with Gasteiger partial charge in [-0.15, -0.1) is 0 Å². The van der Waals surface area contributed by atoms with Crippen LogP contribution in [0.15, 0.2) is 12.2 Å². The highest BCUT2D eigenvalue weighted by Crippen LogP contribution is 2.17. The van der Waals surface area contributed by atoms with E-state index < -0.39 is 5.97 Å². The fraction of sp³-hybridized carbons (Fsp3) is 0.909. The number of esters is 1. The molecule has 0 spiro atoms. The minimum atomic E-state index is -0.665. The largest absolute Gasteiger partial charge is 0.481 e. The van der Waals surface area contributed by atoms with Gasteiger partial charge in [0.1, 0.15) is 6.10 Å². The highest BCUT2D eigenvalue weighted by molar-refractivity contribution is 5.69. The van der Waals surface area contributed by atoms with E-state index in [9.17, 15) is 9.59 Å². The Morgan fingerprint density at radius 2 is 0.792 bits per heavy atom. The molecule has 0 aliphatic heterocycles. The van der Waals surface area contributed by atoms with Crippen LogP contribution in [-0.4, -0.2) is 23.1 Å². The zero-order chi connectivity index (χ0) is 35.0. The molecule has 0 amide bonds. The van der Waals surface area contributed by atoms with Crippen LogP contribution in [0.1, 0.15) is 251 Å². The van der Waals surface area contributed by atoms with Gasteiger partial charge >= 0.3 is 11.9 Å². The smallest absolute Gasteiger partial charge is 0.306 e.